The van der Waals surface area contributed by atoms with Crippen LogP contribution in [-0.4, -0.2) is 11.0 Å². The van der Waals surface area contributed by atoms with E-state index in [1.807, 2.05) is 0 Å². The molecular formula is C14H17FN2. The maximum absolute atomic E-state index is 13.0. The Morgan fingerprint density at radius 1 is 1.35 bits per heavy atom. The second-order valence-corrected chi connectivity index (χ2v) is 5.17. The van der Waals surface area contributed by atoms with Crippen molar-refractivity contribution in [3.63, 3.8) is 0 Å². The molecule has 1 fully saturated rings. The number of aromatic nitrogens is 1. The number of nitrogens with one attached hydrogen (secondary N) is 1. The molecule has 0 radical (unpaired) electrons. The van der Waals surface area contributed by atoms with Crippen LogP contribution < -0.4 is 5.73 Å². The lowest BCUT2D eigenvalue weighted by molar-refractivity contribution is 0.562. The molecule has 0 aliphatic heterocycles. The Hall–Kier alpha value is -1.35. The average molecular weight is 232 g/mol. The number of rotatable bonds is 4. The van der Waals surface area contributed by atoms with Crippen LogP contribution in [0.25, 0.3) is 10.9 Å². The summed E-state index contributed by atoms with van der Waals surface area (Å²) in [4.78, 5) is 3.24. The van der Waals surface area contributed by atoms with Crippen LogP contribution in [0.2, 0.25) is 0 Å². The Kier molecular flexibility index (Phi) is 2.63. The van der Waals surface area contributed by atoms with E-state index in [1.165, 1.54) is 25.0 Å². The Balaban J connectivity index is 1.75. The van der Waals surface area contributed by atoms with Gasteiger partial charge in [-0.05, 0) is 42.0 Å². The Labute approximate surface area is 100 Å². The van der Waals surface area contributed by atoms with Crippen LogP contribution >= 0.6 is 0 Å². The second-order valence-electron chi connectivity index (χ2n) is 5.17. The first-order valence-electron chi connectivity index (χ1n) is 6.23. The van der Waals surface area contributed by atoms with Crippen molar-refractivity contribution in [2.45, 2.75) is 31.7 Å². The van der Waals surface area contributed by atoms with E-state index in [0.717, 1.165) is 35.4 Å². The molecule has 3 N–H and O–H groups in total. The summed E-state index contributed by atoms with van der Waals surface area (Å²) in [7, 11) is 0. The van der Waals surface area contributed by atoms with Gasteiger partial charge in [0.15, 0.2) is 0 Å². The molecule has 0 bridgehead atoms. The number of halogens is 1. The van der Waals surface area contributed by atoms with Crippen molar-refractivity contribution < 1.29 is 4.39 Å². The summed E-state index contributed by atoms with van der Waals surface area (Å²) in [6, 6.07) is 7.12. The summed E-state index contributed by atoms with van der Waals surface area (Å²) >= 11 is 0. The lowest BCUT2D eigenvalue weighted by atomic mass is 10.1. The predicted molar refractivity (Wildman–Crippen MR) is 67.3 cm³/mol. The summed E-state index contributed by atoms with van der Waals surface area (Å²) < 4.78 is 13.0. The van der Waals surface area contributed by atoms with Crippen LogP contribution in [0.5, 0.6) is 0 Å². The molecule has 1 saturated carbocycles. The molecule has 17 heavy (non-hydrogen) atoms. The highest BCUT2D eigenvalue weighted by molar-refractivity contribution is 5.80. The standard InChI is InChI=1S/C14H17FN2/c15-11-4-3-10-6-13(17-14(10)7-11)8-12(16)5-9-1-2-9/h3-4,6-7,9,12,17H,1-2,5,8,16H2. The van der Waals surface area contributed by atoms with Crippen LogP contribution in [0, 0.1) is 11.7 Å². The zero-order valence-electron chi connectivity index (χ0n) is 9.75. The van der Waals surface area contributed by atoms with Crippen molar-refractivity contribution in [3.8, 4) is 0 Å². The van der Waals surface area contributed by atoms with Gasteiger partial charge in [-0.15, -0.1) is 0 Å². The quantitative estimate of drug-likeness (QED) is 0.836. The Bertz CT molecular complexity index is 528. The third-order valence-corrected chi connectivity index (χ3v) is 3.46. The minimum atomic E-state index is -0.201. The lowest BCUT2D eigenvalue weighted by Crippen LogP contribution is -2.23. The minimum absolute atomic E-state index is 0.201. The molecule has 1 aliphatic carbocycles. The van der Waals surface area contributed by atoms with E-state index < -0.39 is 0 Å². The highest BCUT2D eigenvalue weighted by Crippen LogP contribution is 2.33. The molecular weight excluding hydrogens is 215 g/mol. The van der Waals surface area contributed by atoms with Crippen molar-refractivity contribution in [1.29, 1.82) is 0 Å². The van der Waals surface area contributed by atoms with Gasteiger partial charge in [0, 0.05) is 23.7 Å². The van der Waals surface area contributed by atoms with Gasteiger partial charge in [0.25, 0.3) is 0 Å². The molecule has 90 valence electrons. The van der Waals surface area contributed by atoms with Gasteiger partial charge >= 0.3 is 0 Å². The fourth-order valence-electron chi connectivity index (χ4n) is 2.42. The van der Waals surface area contributed by atoms with Crippen LogP contribution in [0.3, 0.4) is 0 Å². The van der Waals surface area contributed by atoms with Crippen molar-refractivity contribution in [3.05, 3.63) is 35.8 Å². The molecule has 1 aromatic carbocycles. The van der Waals surface area contributed by atoms with E-state index >= 15 is 0 Å². The SMILES string of the molecule is NC(Cc1cc2ccc(F)cc2[nH]1)CC1CC1. The van der Waals surface area contributed by atoms with Gasteiger partial charge in [-0.25, -0.2) is 4.39 Å². The van der Waals surface area contributed by atoms with Gasteiger partial charge in [0.1, 0.15) is 5.82 Å². The number of aromatic amines is 1. The number of hydrogen-bond donors (Lipinski definition) is 2. The van der Waals surface area contributed by atoms with Gasteiger partial charge in [-0.3, -0.25) is 0 Å². The summed E-state index contributed by atoms with van der Waals surface area (Å²) in [5.74, 6) is 0.653. The summed E-state index contributed by atoms with van der Waals surface area (Å²) in [6.07, 6.45) is 4.65. The molecule has 1 aromatic heterocycles. The molecule has 3 rings (SSSR count). The van der Waals surface area contributed by atoms with Crippen molar-refractivity contribution >= 4 is 10.9 Å². The number of H-pyrrole nitrogens is 1. The summed E-state index contributed by atoms with van der Waals surface area (Å²) in [5, 5.41) is 1.06. The highest BCUT2D eigenvalue weighted by Gasteiger charge is 2.24. The molecule has 1 atom stereocenters. The van der Waals surface area contributed by atoms with Gasteiger partial charge < -0.3 is 10.7 Å². The first-order valence-corrected chi connectivity index (χ1v) is 6.23. The van der Waals surface area contributed by atoms with Gasteiger partial charge in [-0.1, -0.05) is 12.8 Å². The average Bonchev–Trinajstić information content (AvgIpc) is 2.97. The zero-order chi connectivity index (χ0) is 11.8. The monoisotopic (exact) mass is 232 g/mol. The van der Waals surface area contributed by atoms with E-state index in [1.54, 1.807) is 6.07 Å². The highest BCUT2D eigenvalue weighted by atomic mass is 19.1. The van der Waals surface area contributed by atoms with Crippen LogP contribution in [-0.2, 0) is 6.42 Å². The third kappa shape index (κ3) is 2.50. The zero-order valence-corrected chi connectivity index (χ0v) is 9.75. The normalized spacial score (nSPS) is 17.5. The summed E-state index contributed by atoms with van der Waals surface area (Å²) in [6.45, 7) is 0. The van der Waals surface area contributed by atoms with Gasteiger partial charge in [-0.2, -0.15) is 0 Å². The predicted octanol–water partition coefficient (Wildman–Crippen LogP) is 2.98. The molecule has 2 aromatic rings. The molecule has 1 heterocycles. The minimum Gasteiger partial charge on any atom is -0.358 e. The van der Waals surface area contributed by atoms with E-state index in [0.29, 0.717) is 0 Å². The molecule has 0 amide bonds. The van der Waals surface area contributed by atoms with Gasteiger partial charge in [0.2, 0.25) is 0 Å². The molecule has 0 spiro atoms. The van der Waals surface area contributed by atoms with Crippen molar-refractivity contribution in [2.24, 2.45) is 11.7 Å². The maximum Gasteiger partial charge on any atom is 0.125 e. The summed E-state index contributed by atoms with van der Waals surface area (Å²) in [5.41, 5.74) is 8.07. The smallest absolute Gasteiger partial charge is 0.125 e. The van der Waals surface area contributed by atoms with E-state index in [2.05, 4.69) is 11.1 Å². The maximum atomic E-state index is 13.0. The van der Waals surface area contributed by atoms with Gasteiger partial charge in [0.05, 0.1) is 0 Å². The van der Waals surface area contributed by atoms with E-state index in [4.69, 9.17) is 5.73 Å². The molecule has 0 saturated heterocycles. The molecule has 2 nitrogen and oxygen atoms in total. The third-order valence-electron chi connectivity index (χ3n) is 3.46. The first-order chi connectivity index (χ1) is 8.20. The Morgan fingerprint density at radius 3 is 2.94 bits per heavy atom. The van der Waals surface area contributed by atoms with Crippen LogP contribution in [0.4, 0.5) is 4.39 Å². The van der Waals surface area contributed by atoms with Crippen molar-refractivity contribution in [1.82, 2.24) is 4.98 Å². The van der Waals surface area contributed by atoms with Crippen LogP contribution in [0.1, 0.15) is 25.0 Å². The fourth-order valence-corrected chi connectivity index (χ4v) is 2.42. The molecule has 1 unspecified atom stereocenters. The van der Waals surface area contributed by atoms with E-state index in [9.17, 15) is 4.39 Å². The number of hydrogen-bond acceptors (Lipinski definition) is 1. The number of fused-ring (bicyclic) bond motifs is 1. The second kappa shape index (κ2) is 4.15. The largest absolute Gasteiger partial charge is 0.358 e. The first kappa shape index (κ1) is 10.8. The Morgan fingerprint density at radius 2 is 2.18 bits per heavy atom. The van der Waals surface area contributed by atoms with Crippen molar-refractivity contribution in [2.75, 3.05) is 0 Å². The number of nitrogens with two attached hydrogens (primary N) is 1. The molecule has 3 heteroatoms. The fraction of sp³-hybridized carbons (Fsp3) is 0.429. The molecule has 1 aliphatic rings. The lowest BCUT2D eigenvalue weighted by Gasteiger charge is -2.08. The number of benzene rings is 1. The topological polar surface area (TPSA) is 41.8 Å². The van der Waals surface area contributed by atoms with Crippen LogP contribution in [0.15, 0.2) is 24.3 Å². The van der Waals surface area contributed by atoms with E-state index in [-0.39, 0.29) is 11.9 Å².